The van der Waals surface area contributed by atoms with E-state index in [2.05, 4.69) is 15.9 Å². The van der Waals surface area contributed by atoms with Gasteiger partial charge in [0.25, 0.3) is 11.5 Å². The molecule has 1 aromatic carbocycles. The van der Waals surface area contributed by atoms with Crippen molar-refractivity contribution in [1.82, 2.24) is 9.47 Å². The molecule has 0 N–H and O–H groups in total. The minimum atomic E-state index is -4.93. The van der Waals surface area contributed by atoms with E-state index in [1.807, 2.05) is 0 Å². The molecule has 2 unspecified atom stereocenters. The van der Waals surface area contributed by atoms with Crippen LogP contribution in [0.3, 0.4) is 0 Å². The maximum absolute atomic E-state index is 13.1. The number of carbonyl (C=O) groups excluding carboxylic acids is 1. The van der Waals surface area contributed by atoms with Crippen LogP contribution >= 0.6 is 15.9 Å². The van der Waals surface area contributed by atoms with Gasteiger partial charge in [-0.25, -0.2) is 0 Å². The highest BCUT2D eigenvalue weighted by atomic mass is 79.9. The fourth-order valence-electron chi connectivity index (χ4n) is 4.34. The van der Waals surface area contributed by atoms with Crippen molar-refractivity contribution in [1.29, 1.82) is 0 Å². The molecule has 31 heavy (non-hydrogen) atoms. The topological polar surface area (TPSA) is 42.3 Å². The van der Waals surface area contributed by atoms with Crippen molar-refractivity contribution in [2.45, 2.75) is 50.2 Å². The molecule has 3 heterocycles. The number of nitrogens with zero attached hydrogens (tertiary/aromatic N) is 2. The van der Waals surface area contributed by atoms with Gasteiger partial charge in [-0.2, -0.15) is 26.3 Å². The largest absolute Gasteiger partial charge is 0.416 e. The van der Waals surface area contributed by atoms with Crippen LogP contribution in [0.1, 0.15) is 40.0 Å². The zero-order chi connectivity index (χ0) is 22.7. The second-order valence-corrected chi connectivity index (χ2v) is 8.55. The van der Waals surface area contributed by atoms with Crippen molar-refractivity contribution in [2.75, 3.05) is 0 Å². The quantitative estimate of drug-likeness (QED) is 0.542. The number of fused-ring (bicyclic) bond motifs is 2. The van der Waals surface area contributed by atoms with Crippen LogP contribution in [0.4, 0.5) is 26.3 Å². The van der Waals surface area contributed by atoms with Crippen LogP contribution in [0.2, 0.25) is 0 Å². The molecule has 2 aromatic rings. The lowest BCUT2D eigenvalue weighted by Crippen LogP contribution is -2.51. The minimum Gasteiger partial charge on any atom is -0.329 e. The Morgan fingerprint density at radius 2 is 1.55 bits per heavy atom. The maximum Gasteiger partial charge on any atom is 0.416 e. The molecular formula is C20H15BrF6N2O2. The Morgan fingerprint density at radius 1 is 0.935 bits per heavy atom. The van der Waals surface area contributed by atoms with E-state index in [1.54, 1.807) is 0 Å². The van der Waals surface area contributed by atoms with Crippen LogP contribution in [-0.2, 0) is 25.3 Å². The molecule has 4 nitrogen and oxygen atoms in total. The highest BCUT2D eigenvalue weighted by Crippen LogP contribution is 2.38. The van der Waals surface area contributed by atoms with E-state index in [9.17, 15) is 35.9 Å². The van der Waals surface area contributed by atoms with Crippen LogP contribution in [0.15, 0.2) is 39.6 Å². The van der Waals surface area contributed by atoms with E-state index in [1.165, 1.54) is 21.6 Å². The number of benzene rings is 1. The van der Waals surface area contributed by atoms with Crippen molar-refractivity contribution in [3.05, 3.63) is 67.5 Å². The number of aromatic nitrogens is 1. The van der Waals surface area contributed by atoms with Crippen molar-refractivity contribution < 1.29 is 31.1 Å². The van der Waals surface area contributed by atoms with Crippen molar-refractivity contribution in [3.63, 3.8) is 0 Å². The summed E-state index contributed by atoms with van der Waals surface area (Å²) in [5.74, 6) is -0.452. The summed E-state index contributed by atoms with van der Waals surface area (Å²) >= 11 is 3.13. The van der Waals surface area contributed by atoms with E-state index < -0.39 is 35.4 Å². The average Bonchev–Trinajstić information content (AvgIpc) is 3.06. The number of halogens is 7. The third kappa shape index (κ3) is 3.99. The monoisotopic (exact) mass is 508 g/mol. The van der Waals surface area contributed by atoms with Crippen molar-refractivity contribution in [3.8, 4) is 0 Å². The number of hydrogen-bond acceptors (Lipinski definition) is 2. The van der Waals surface area contributed by atoms with Crippen LogP contribution in [0.5, 0.6) is 0 Å². The molecule has 0 radical (unpaired) electrons. The van der Waals surface area contributed by atoms with Gasteiger partial charge in [0.2, 0.25) is 0 Å². The maximum atomic E-state index is 13.1. The van der Waals surface area contributed by atoms with Crippen LogP contribution < -0.4 is 5.56 Å². The van der Waals surface area contributed by atoms with Gasteiger partial charge in [0, 0.05) is 12.6 Å². The van der Waals surface area contributed by atoms with E-state index in [0.29, 0.717) is 29.4 Å². The van der Waals surface area contributed by atoms with Gasteiger partial charge in [0.05, 0.1) is 21.6 Å². The van der Waals surface area contributed by atoms with E-state index in [0.717, 1.165) is 0 Å². The van der Waals surface area contributed by atoms with Gasteiger partial charge in [-0.3, -0.25) is 9.59 Å². The summed E-state index contributed by atoms with van der Waals surface area (Å²) in [5, 5.41) is 0. The van der Waals surface area contributed by atoms with Crippen molar-refractivity contribution in [2.24, 2.45) is 0 Å². The van der Waals surface area contributed by atoms with Gasteiger partial charge >= 0.3 is 12.4 Å². The lowest BCUT2D eigenvalue weighted by Gasteiger charge is -2.36. The first-order valence-corrected chi connectivity index (χ1v) is 10.2. The summed E-state index contributed by atoms with van der Waals surface area (Å²) in [6.07, 6.45) is -9.08. The molecule has 2 atom stereocenters. The number of amides is 1. The van der Waals surface area contributed by atoms with Crippen LogP contribution in [-0.4, -0.2) is 27.5 Å². The zero-order valence-electron chi connectivity index (χ0n) is 15.7. The van der Waals surface area contributed by atoms with E-state index >= 15 is 0 Å². The Balaban J connectivity index is 1.68. The van der Waals surface area contributed by atoms with E-state index in [4.69, 9.17) is 0 Å². The number of rotatable bonds is 2. The second-order valence-electron chi connectivity index (χ2n) is 7.70. The standard InChI is InChI=1S/C20H15BrF6N2O2/c21-15-3-4-16-18(31)29-13(1-2-14(29)9-28(16)17(15)30)7-10-5-11(19(22,23)24)8-12(6-10)20(25,26)27/h3-6,8,13-14H,1-2,7,9H2. The molecule has 2 aliphatic rings. The Kier molecular flexibility index (Phi) is 5.22. The fourth-order valence-corrected chi connectivity index (χ4v) is 4.69. The molecule has 0 aliphatic carbocycles. The molecule has 1 amide bonds. The summed E-state index contributed by atoms with van der Waals surface area (Å²) in [6.45, 7) is 0.228. The lowest BCUT2D eigenvalue weighted by molar-refractivity contribution is -0.143. The molecule has 11 heteroatoms. The molecule has 1 aromatic heterocycles. The molecule has 0 spiro atoms. The first kappa shape index (κ1) is 21.9. The van der Waals surface area contributed by atoms with Crippen molar-refractivity contribution >= 4 is 21.8 Å². The Morgan fingerprint density at radius 3 is 2.13 bits per heavy atom. The third-order valence-electron chi connectivity index (χ3n) is 5.71. The predicted molar refractivity (Wildman–Crippen MR) is 102 cm³/mol. The van der Waals surface area contributed by atoms with Gasteiger partial charge in [-0.1, -0.05) is 0 Å². The van der Waals surface area contributed by atoms with Gasteiger partial charge in [-0.15, -0.1) is 0 Å². The SMILES string of the molecule is O=C1c2ccc(Br)c(=O)n2CC2CCC(Cc3cc(C(F)(F)F)cc(C(F)(F)F)c3)N12. The number of pyridine rings is 1. The minimum absolute atomic E-state index is 0.0908. The van der Waals surface area contributed by atoms with Crippen LogP contribution in [0.25, 0.3) is 0 Å². The number of hydrogen-bond donors (Lipinski definition) is 0. The zero-order valence-corrected chi connectivity index (χ0v) is 17.3. The summed E-state index contributed by atoms with van der Waals surface area (Å²) in [4.78, 5) is 26.8. The highest BCUT2D eigenvalue weighted by Gasteiger charge is 2.43. The predicted octanol–water partition coefficient (Wildman–Crippen LogP) is 4.88. The Labute approximate surface area is 180 Å². The molecule has 2 aliphatic heterocycles. The average molecular weight is 509 g/mol. The summed E-state index contributed by atoms with van der Waals surface area (Å²) < 4.78 is 80.5. The summed E-state index contributed by atoms with van der Waals surface area (Å²) in [6, 6.07) is 3.51. The molecular weight excluding hydrogens is 494 g/mol. The molecule has 0 saturated carbocycles. The Hall–Kier alpha value is -2.30. The molecule has 1 fully saturated rings. The van der Waals surface area contributed by atoms with Gasteiger partial charge < -0.3 is 9.47 Å². The summed E-state index contributed by atoms with van der Waals surface area (Å²) in [5.41, 5.74) is -3.10. The lowest BCUT2D eigenvalue weighted by atomic mass is 9.98. The first-order chi connectivity index (χ1) is 14.4. The van der Waals surface area contributed by atoms with Gasteiger partial charge in [0.1, 0.15) is 5.69 Å². The highest BCUT2D eigenvalue weighted by molar-refractivity contribution is 9.10. The molecule has 4 rings (SSSR count). The first-order valence-electron chi connectivity index (χ1n) is 9.36. The van der Waals surface area contributed by atoms with E-state index in [-0.39, 0.29) is 41.9 Å². The van der Waals surface area contributed by atoms with Gasteiger partial charge in [-0.05, 0) is 71.1 Å². The molecule has 1 saturated heterocycles. The fraction of sp³-hybridized carbons (Fsp3) is 0.400. The second kappa shape index (κ2) is 7.39. The van der Waals surface area contributed by atoms with Gasteiger partial charge in [0.15, 0.2) is 0 Å². The number of alkyl halides is 6. The smallest absolute Gasteiger partial charge is 0.329 e. The molecule has 166 valence electrons. The number of carbonyl (C=O) groups is 1. The summed E-state index contributed by atoms with van der Waals surface area (Å²) in [7, 11) is 0. The Bertz CT molecular complexity index is 1080. The van der Waals surface area contributed by atoms with Crippen LogP contribution in [0, 0.1) is 0 Å². The third-order valence-corrected chi connectivity index (χ3v) is 6.32. The normalized spacial score (nSPS) is 21.3. The molecule has 0 bridgehead atoms.